The maximum Gasteiger partial charge on any atom is 0.309 e. The fraction of sp³-hybridized carbons (Fsp3) is 0.500. The predicted molar refractivity (Wildman–Crippen MR) is 68.7 cm³/mol. The molecule has 17 heavy (non-hydrogen) atoms. The molecule has 0 radical (unpaired) electrons. The molecule has 0 bridgehead atoms. The number of cyclic esters (lactones) is 1. The molecule has 2 nitrogen and oxygen atoms in total. The zero-order chi connectivity index (χ0) is 11.8. The summed E-state index contributed by atoms with van der Waals surface area (Å²) in [6.45, 7) is 0.635. The molecule has 3 atom stereocenters. The number of hydrogen-bond donors (Lipinski definition) is 0. The van der Waals surface area contributed by atoms with E-state index >= 15 is 0 Å². The van der Waals surface area contributed by atoms with Crippen molar-refractivity contribution in [3.63, 3.8) is 0 Å². The first kappa shape index (κ1) is 11.3. The molecule has 1 saturated carbocycles. The summed E-state index contributed by atoms with van der Waals surface area (Å²) in [5, 5.41) is 0. The first-order valence-electron chi connectivity index (χ1n) is 6.18. The second-order valence-corrected chi connectivity index (χ2v) is 5.92. The summed E-state index contributed by atoms with van der Waals surface area (Å²) >= 11 is 3.45. The average molecular weight is 295 g/mol. The minimum atomic E-state index is 0.0163. The number of carbonyl (C=O) groups excluding carboxylic acids is 1. The van der Waals surface area contributed by atoms with E-state index in [0.717, 1.165) is 17.3 Å². The molecule has 1 aliphatic carbocycles. The van der Waals surface area contributed by atoms with Crippen LogP contribution in [0.4, 0.5) is 0 Å². The molecule has 3 rings (SSSR count). The van der Waals surface area contributed by atoms with Crippen LogP contribution < -0.4 is 0 Å². The van der Waals surface area contributed by atoms with Gasteiger partial charge < -0.3 is 4.74 Å². The molecule has 2 aliphatic rings. The number of ether oxygens (including phenoxy) is 1. The highest BCUT2D eigenvalue weighted by atomic mass is 79.9. The molecule has 1 saturated heterocycles. The standard InChI is InChI=1S/C14H15BrO2/c15-11-6-4-9(5-7-11)12-3-1-2-10-8-17-14(16)13(10)12/h4-7,10,12-13H,1-3,8H2. The molecule has 1 aliphatic heterocycles. The van der Waals surface area contributed by atoms with Gasteiger partial charge in [-0.15, -0.1) is 0 Å². The lowest BCUT2D eigenvalue weighted by Crippen LogP contribution is -2.28. The van der Waals surface area contributed by atoms with Gasteiger partial charge in [-0.25, -0.2) is 0 Å². The molecule has 0 spiro atoms. The first-order valence-corrected chi connectivity index (χ1v) is 6.97. The molecule has 3 heteroatoms. The van der Waals surface area contributed by atoms with Crippen LogP contribution in [0.2, 0.25) is 0 Å². The molecule has 3 unspecified atom stereocenters. The topological polar surface area (TPSA) is 26.3 Å². The molecule has 0 N–H and O–H groups in total. The van der Waals surface area contributed by atoms with Gasteiger partial charge in [0.2, 0.25) is 0 Å². The van der Waals surface area contributed by atoms with Gasteiger partial charge >= 0.3 is 5.97 Å². The quantitative estimate of drug-likeness (QED) is 0.741. The van der Waals surface area contributed by atoms with Crippen molar-refractivity contribution < 1.29 is 9.53 Å². The van der Waals surface area contributed by atoms with E-state index < -0.39 is 0 Å². The van der Waals surface area contributed by atoms with E-state index in [1.54, 1.807) is 0 Å². The van der Waals surface area contributed by atoms with Gasteiger partial charge in [0, 0.05) is 10.4 Å². The van der Waals surface area contributed by atoms with Crippen molar-refractivity contribution in [2.45, 2.75) is 25.2 Å². The zero-order valence-corrected chi connectivity index (χ0v) is 11.2. The third-order valence-corrected chi connectivity index (χ3v) is 4.57. The Kier molecular flexibility index (Phi) is 2.95. The van der Waals surface area contributed by atoms with Crippen molar-refractivity contribution in [1.29, 1.82) is 0 Å². The molecule has 90 valence electrons. The Morgan fingerprint density at radius 1 is 1.18 bits per heavy atom. The normalized spacial score (nSPS) is 32.1. The summed E-state index contributed by atoms with van der Waals surface area (Å²) in [6, 6.07) is 8.37. The predicted octanol–water partition coefficient (Wildman–Crippen LogP) is 3.51. The minimum Gasteiger partial charge on any atom is -0.465 e. The molecular weight excluding hydrogens is 280 g/mol. The number of hydrogen-bond acceptors (Lipinski definition) is 2. The summed E-state index contributed by atoms with van der Waals surface area (Å²) in [5.41, 5.74) is 1.28. The van der Waals surface area contributed by atoms with Crippen molar-refractivity contribution in [2.75, 3.05) is 6.61 Å². The van der Waals surface area contributed by atoms with E-state index in [0.29, 0.717) is 18.4 Å². The van der Waals surface area contributed by atoms with Crippen molar-refractivity contribution in [1.82, 2.24) is 0 Å². The van der Waals surface area contributed by atoms with E-state index in [4.69, 9.17) is 4.74 Å². The Bertz CT molecular complexity index is 426. The van der Waals surface area contributed by atoms with Gasteiger partial charge in [-0.05, 0) is 36.5 Å². The Hall–Kier alpha value is -0.830. The molecule has 1 aromatic carbocycles. The lowest BCUT2D eigenvalue weighted by molar-refractivity contribution is -0.142. The number of fused-ring (bicyclic) bond motifs is 1. The van der Waals surface area contributed by atoms with Gasteiger partial charge in [-0.2, -0.15) is 0 Å². The third-order valence-electron chi connectivity index (χ3n) is 4.04. The summed E-state index contributed by atoms with van der Waals surface area (Å²) in [5.74, 6) is 0.925. The van der Waals surface area contributed by atoms with Crippen LogP contribution in [-0.2, 0) is 9.53 Å². The van der Waals surface area contributed by atoms with E-state index in [-0.39, 0.29) is 11.9 Å². The van der Waals surface area contributed by atoms with Gasteiger partial charge in [-0.3, -0.25) is 4.79 Å². The van der Waals surface area contributed by atoms with E-state index in [1.165, 1.54) is 12.0 Å². The van der Waals surface area contributed by atoms with Crippen LogP contribution in [0.5, 0.6) is 0 Å². The Balaban J connectivity index is 1.90. The van der Waals surface area contributed by atoms with Crippen LogP contribution >= 0.6 is 15.9 Å². The SMILES string of the molecule is O=C1OCC2CCCC(c3ccc(Br)cc3)C12. The highest BCUT2D eigenvalue weighted by molar-refractivity contribution is 9.10. The summed E-state index contributed by atoms with van der Waals surface area (Å²) in [6.07, 6.45) is 3.46. The molecule has 0 amide bonds. The second kappa shape index (κ2) is 4.45. The van der Waals surface area contributed by atoms with Gasteiger partial charge in [0.25, 0.3) is 0 Å². The Labute approximate surface area is 109 Å². The van der Waals surface area contributed by atoms with Crippen molar-refractivity contribution in [2.24, 2.45) is 11.8 Å². The number of benzene rings is 1. The monoisotopic (exact) mass is 294 g/mol. The Morgan fingerprint density at radius 2 is 1.94 bits per heavy atom. The van der Waals surface area contributed by atoms with Crippen molar-refractivity contribution in [3.05, 3.63) is 34.3 Å². The Morgan fingerprint density at radius 3 is 2.71 bits per heavy atom. The van der Waals surface area contributed by atoms with Crippen molar-refractivity contribution in [3.8, 4) is 0 Å². The molecule has 1 heterocycles. The maximum absolute atomic E-state index is 11.8. The molecular formula is C14H15BrO2. The smallest absolute Gasteiger partial charge is 0.309 e. The van der Waals surface area contributed by atoms with Crippen LogP contribution in [-0.4, -0.2) is 12.6 Å². The molecule has 1 aromatic rings. The van der Waals surface area contributed by atoms with Gasteiger partial charge in [0.15, 0.2) is 0 Å². The largest absolute Gasteiger partial charge is 0.465 e. The molecule has 0 aromatic heterocycles. The minimum absolute atomic E-state index is 0.0163. The maximum atomic E-state index is 11.8. The third kappa shape index (κ3) is 2.01. The zero-order valence-electron chi connectivity index (χ0n) is 9.56. The summed E-state index contributed by atoms with van der Waals surface area (Å²) < 4.78 is 6.31. The lowest BCUT2D eigenvalue weighted by atomic mass is 9.71. The highest BCUT2D eigenvalue weighted by Crippen LogP contribution is 2.45. The van der Waals surface area contributed by atoms with Crippen LogP contribution in [0.15, 0.2) is 28.7 Å². The average Bonchev–Trinajstić information content (AvgIpc) is 2.73. The van der Waals surface area contributed by atoms with Crippen LogP contribution in [0.3, 0.4) is 0 Å². The van der Waals surface area contributed by atoms with Gasteiger partial charge in [0.05, 0.1) is 12.5 Å². The fourth-order valence-corrected chi connectivity index (χ4v) is 3.47. The fourth-order valence-electron chi connectivity index (χ4n) is 3.20. The van der Waals surface area contributed by atoms with E-state index in [9.17, 15) is 4.79 Å². The summed E-state index contributed by atoms with van der Waals surface area (Å²) in [7, 11) is 0. The van der Waals surface area contributed by atoms with Crippen LogP contribution in [0, 0.1) is 11.8 Å². The second-order valence-electron chi connectivity index (χ2n) is 5.00. The van der Waals surface area contributed by atoms with Crippen molar-refractivity contribution >= 4 is 21.9 Å². The van der Waals surface area contributed by atoms with E-state index in [1.807, 2.05) is 0 Å². The van der Waals surface area contributed by atoms with E-state index in [2.05, 4.69) is 40.2 Å². The number of carbonyl (C=O) groups is 1. The van der Waals surface area contributed by atoms with Gasteiger partial charge in [0.1, 0.15) is 0 Å². The summed E-state index contributed by atoms with van der Waals surface area (Å²) in [4.78, 5) is 11.8. The van der Waals surface area contributed by atoms with Gasteiger partial charge in [-0.1, -0.05) is 34.5 Å². The number of halogens is 1. The van der Waals surface area contributed by atoms with Crippen LogP contribution in [0.1, 0.15) is 30.7 Å². The number of rotatable bonds is 1. The lowest BCUT2D eigenvalue weighted by Gasteiger charge is -2.30. The molecule has 2 fully saturated rings. The van der Waals surface area contributed by atoms with Crippen LogP contribution in [0.25, 0.3) is 0 Å². The number of esters is 1. The first-order chi connectivity index (χ1) is 8.25. The highest BCUT2D eigenvalue weighted by Gasteiger charge is 2.44.